The number of halogens is 1. The van der Waals surface area contributed by atoms with Gasteiger partial charge in [-0.05, 0) is 17.0 Å². The van der Waals surface area contributed by atoms with Gasteiger partial charge in [-0.2, -0.15) is 0 Å². The van der Waals surface area contributed by atoms with E-state index in [1.807, 2.05) is 38.1 Å². The Morgan fingerprint density at radius 3 is 2.43 bits per heavy atom. The molecule has 0 fully saturated rings. The summed E-state index contributed by atoms with van der Waals surface area (Å²) in [5.74, 6) is 0.158. The van der Waals surface area contributed by atoms with E-state index in [4.69, 9.17) is 5.11 Å². The fourth-order valence-corrected chi connectivity index (χ4v) is 1.66. The number of rotatable bonds is 4. The predicted octanol–water partition coefficient (Wildman–Crippen LogP) is 2.89. The van der Waals surface area contributed by atoms with E-state index in [2.05, 4.69) is 0 Å². The molecule has 1 unspecified atom stereocenters. The van der Waals surface area contributed by atoms with Crippen molar-refractivity contribution >= 4 is 0 Å². The number of hydrogen-bond donors (Lipinski definition) is 1. The lowest BCUT2D eigenvalue weighted by atomic mass is 9.87. The van der Waals surface area contributed by atoms with Crippen LogP contribution in [0.25, 0.3) is 0 Å². The molecule has 2 heteroatoms. The average molecular weight is 196 g/mol. The fraction of sp³-hybridized carbons (Fsp3) is 0.500. The Labute approximate surface area is 84.6 Å². The van der Waals surface area contributed by atoms with E-state index in [0.717, 1.165) is 11.1 Å². The van der Waals surface area contributed by atoms with Crippen molar-refractivity contribution in [1.82, 2.24) is 0 Å². The van der Waals surface area contributed by atoms with Crippen LogP contribution in [-0.2, 0) is 6.61 Å². The molecule has 14 heavy (non-hydrogen) atoms. The molecule has 0 saturated heterocycles. The maximum Gasteiger partial charge on any atom is 0.0965 e. The summed E-state index contributed by atoms with van der Waals surface area (Å²) in [5, 5.41) is 9.12. The molecule has 0 amide bonds. The number of hydrogen-bond acceptors (Lipinski definition) is 1. The van der Waals surface area contributed by atoms with Crippen LogP contribution in [0.15, 0.2) is 24.3 Å². The van der Waals surface area contributed by atoms with Crippen molar-refractivity contribution < 1.29 is 9.50 Å². The zero-order valence-electron chi connectivity index (χ0n) is 8.70. The lowest BCUT2D eigenvalue weighted by molar-refractivity contribution is 0.276. The molecule has 0 saturated carbocycles. The van der Waals surface area contributed by atoms with Gasteiger partial charge in [0, 0.05) is 5.92 Å². The summed E-state index contributed by atoms with van der Waals surface area (Å²) in [6, 6.07) is 7.50. The minimum absolute atomic E-state index is 0.0145. The van der Waals surface area contributed by atoms with E-state index < -0.39 is 0 Å². The molecule has 1 aromatic carbocycles. The van der Waals surface area contributed by atoms with E-state index in [9.17, 15) is 4.39 Å². The first-order chi connectivity index (χ1) is 6.70. The quantitative estimate of drug-likeness (QED) is 0.785. The maximum atomic E-state index is 12.8. The first kappa shape index (κ1) is 11.2. The summed E-state index contributed by atoms with van der Waals surface area (Å²) in [6.45, 7) is 3.62. The van der Waals surface area contributed by atoms with Crippen molar-refractivity contribution in [3.05, 3.63) is 35.4 Å². The molecule has 0 aliphatic heterocycles. The topological polar surface area (TPSA) is 20.2 Å². The minimum Gasteiger partial charge on any atom is -0.392 e. The van der Waals surface area contributed by atoms with E-state index >= 15 is 0 Å². The summed E-state index contributed by atoms with van der Waals surface area (Å²) < 4.78 is 12.8. The molecule has 1 N–H and O–H groups in total. The predicted molar refractivity (Wildman–Crippen MR) is 55.9 cm³/mol. The first-order valence-electron chi connectivity index (χ1n) is 4.95. The molecule has 0 heterocycles. The van der Waals surface area contributed by atoms with Crippen LogP contribution in [-0.4, -0.2) is 11.8 Å². The molecule has 0 aromatic heterocycles. The van der Waals surface area contributed by atoms with Gasteiger partial charge in [0.05, 0.1) is 13.3 Å². The smallest absolute Gasteiger partial charge is 0.0965 e. The van der Waals surface area contributed by atoms with Gasteiger partial charge in [-0.25, -0.2) is 0 Å². The molecular formula is C12H17FO. The highest BCUT2D eigenvalue weighted by molar-refractivity contribution is 5.30. The number of aliphatic hydroxyl groups excluding tert-OH is 1. The lowest BCUT2D eigenvalue weighted by Crippen LogP contribution is -2.11. The third-order valence-electron chi connectivity index (χ3n) is 2.60. The van der Waals surface area contributed by atoms with Crippen LogP contribution in [0.3, 0.4) is 0 Å². The molecule has 0 aliphatic carbocycles. The SMILES string of the molecule is CC(C)C(CF)c1ccccc1CO. The van der Waals surface area contributed by atoms with Crippen LogP contribution in [0.1, 0.15) is 30.9 Å². The molecule has 0 bridgehead atoms. The normalized spacial score (nSPS) is 13.2. The molecule has 0 radical (unpaired) electrons. The van der Waals surface area contributed by atoms with Crippen LogP contribution in [0.4, 0.5) is 4.39 Å². The molecule has 1 atom stereocenters. The fourth-order valence-electron chi connectivity index (χ4n) is 1.66. The third-order valence-corrected chi connectivity index (χ3v) is 2.60. The molecule has 0 spiro atoms. The summed E-state index contributed by atoms with van der Waals surface area (Å²) in [6.07, 6.45) is 0. The van der Waals surface area contributed by atoms with Crippen LogP contribution >= 0.6 is 0 Å². The van der Waals surface area contributed by atoms with Gasteiger partial charge in [0.2, 0.25) is 0 Å². The monoisotopic (exact) mass is 196 g/mol. The van der Waals surface area contributed by atoms with Gasteiger partial charge < -0.3 is 5.11 Å². The first-order valence-corrected chi connectivity index (χ1v) is 4.95. The Morgan fingerprint density at radius 2 is 1.93 bits per heavy atom. The van der Waals surface area contributed by atoms with Crippen molar-refractivity contribution in [1.29, 1.82) is 0 Å². The highest BCUT2D eigenvalue weighted by atomic mass is 19.1. The summed E-state index contributed by atoms with van der Waals surface area (Å²) in [5.41, 5.74) is 1.77. The minimum atomic E-state index is -0.366. The molecule has 1 nitrogen and oxygen atoms in total. The van der Waals surface area contributed by atoms with Crippen molar-refractivity contribution in [3.8, 4) is 0 Å². The summed E-state index contributed by atoms with van der Waals surface area (Å²) >= 11 is 0. The second-order valence-corrected chi connectivity index (χ2v) is 3.86. The van der Waals surface area contributed by atoms with Gasteiger partial charge >= 0.3 is 0 Å². The van der Waals surface area contributed by atoms with E-state index in [1.54, 1.807) is 0 Å². The Bertz CT molecular complexity index is 283. The molecular weight excluding hydrogens is 179 g/mol. The summed E-state index contributed by atoms with van der Waals surface area (Å²) in [7, 11) is 0. The van der Waals surface area contributed by atoms with E-state index in [0.29, 0.717) is 0 Å². The number of alkyl halides is 1. The van der Waals surface area contributed by atoms with Gasteiger partial charge in [-0.3, -0.25) is 4.39 Å². The Hall–Kier alpha value is -0.890. The van der Waals surface area contributed by atoms with Gasteiger partial charge in [-0.1, -0.05) is 38.1 Å². The zero-order valence-corrected chi connectivity index (χ0v) is 8.70. The highest BCUT2D eigenvalue weighted by Gasteiger charge is 2.17. The highest BCUT2D eigenvalue weighted by Crippen LogP contribution is 2.27. The average Bonchev–Trinajstić information content (AvgIpc) is 2.19. The van der Waals surface area contributed by atoms with Gasteiger partial charge in [0.1, 0.15) is 0 Å². The second-order valence-electron chi connectivity index (χ2n) is 3.86. The van der Waals surface area contributed by atoms with E-state index in [1.165, 1.54) is 0 Å². The zero-order chi connectivity index (χ0) is 10.6. The summed E-state index contributed by atoms with van der Waals surface area (Å²) in [4.78, 5) is 0. The Morgan fingerprint density at radius 1 is 1.29 bits per heavy atom. The van der Waals surface area contributed by atoms with Gasteiger partial charge in [-0.15, -0.1) is 0 Å². The van der Waals surface area contributed by atoms with Crippen molar-refractivity contribution in [2.75, 3.05) is 6.67 Å². The lowest BCUT2D eigenvalue weighted by Gasteiger charge is -2.20. The van der Waals surface area contributed by atoms with Crippen LogP contribution in [0, 0.1) is 5.92 Å². The van der Waals surface area contributed by atoms with Crippen LogP contribution in [0.2, 0.25) is 0 Å². The Balaban J connectivity index is 3.02. The molecule has 78 valence electrons. The van der Waals surface area contributed by atoms with Crippen molar-refractivity contribution in [2.24, 2.45) is 5.92 Å². The molecule has 1 aromatic rings. The molecule has 0 aliphatic rings. The van der Waals surface area contributed by atoms with Crippen molar-refractivity contribution in [3.63, 3.8) is 0 Å². The van der Waals surface area contributed by atoms with Gasteiger partial charge in [0.25, 0.3) is 0 Å². The van der Waals surface area contributed by atoms with Gasteiger partial charge in [0.15, 0.2) is 0 Å². The Kier molecular flexibility index (Phi) is 4.08. The van der Waals surface area contributed by atoms with Crippen LogP contribution < -0.4 is 0 Å². The maximum absolute atomic E-state index is 12.8. The number of benzene rings is 1. The van der Waals surface area contributed by atoms with E-state index in [-0.39, 0.29) is 25.1 Å². The molecule has 1 rings (SSSR count). The van der Waals surface area contributed by atoms with Crippen molar-refractivity contribution in [2.45, 2.75) is 26.4 Å². The largest absolute Gasteiger partial charge is 0.392 e. The standard InChI is InChI=1S/C12H17FO/c1-9(2)12(7-13)11-6-4-3-5-10(11)8-14/h3-6,9,12,14H,7-8H2,1-2H3. The second kappa shape index (κ2) is 5.11. The number of aliphatic hydroxyl groups is 1. The third kappa shape index (κ3) is 2.32. The van der Waals surface area contributed by atoms with Crippen LogP contribution in [0.5, 0.6) is 0 Å².